The van der Waals surface area contributed by atoms with Crippen LogP contribution in [0.3, 0.4) is 0 Å². The van der Waals surface area contributed by atoms with Crippen LogP contribution >= 0.6 is 22.9 Å². The summed E-state index contributed by atoms with van der Waals surface area (Å²) in [5.74, 6) is 0.469. The average molecular weight is 344 g/mol. The summed E-state index contributed by atoms with van der Waals surface area (Å²) >= 11 is 7.49. The Hall–Kier alpha value is -2.37. The maximum absolute atomic E-state index is 12.0. The van der Waals surface area contributed by atoms with Gasteiger partial charge in [0.1, 0.15) is 5.82 Å². The van der Waals surface area contributed by atoms with Gasteiger partial charge in [-0.2, -0.15) is 5.10 Å². The molecule has 0 aliphatic rings. The topological polar surface area (TPSA) is 46.9 Å². The molecule has 116 valence electrons. The second-order valence-corrected chi connectivity index (χ2v) is 6.30. The summed E-state index contributed by atoms with van der Waals surface area (Å²) in [7, 11) is 0. The van der Waals surface area contributed by atoms with E-state index in [0.29, 0.717) is 17.4 Å². The molecule has 2 aromatic heterocycles. The zero-order valence-electron chi connectivity index (χ0n) is 12.1. The lowest BCUT2D eigenvalue weighted by Gasteiger charge is -2.06. The number of nitrogens with zero attached hydrogens (tertiary/aromatic N) is 2. The normalized spacial score (nSPS) is 11.0. The van der Waals surface area contributed by atoms with Crippen molar-refractivity contribution in [3.8, 4) is 0 Å². The fourth-order valence-corrected chi connectivity index (χ4v) is 2.84. The molecule has 6 heteroatoms. The Morgan fingerprint density at radius 1 is 1.26 bits per heavy atom. The number of amides is 1. The molecule has 2 heterocycles. The lowest BCUT2D eigenvalue weighted by atomic mass is 10.2. The van der Waals surface area contributed by atoms with Crippen LogP contribution in [0.4, 0.5) is 5.82 Å². The van der Waals surface area contributed by atoms with Crippen LogP contribution in [-0.2, 0) is 11.3 Å². The first-order chi connectivity index (χ1) is 11.2. The minimum absolute atomic E-state index is 0.201. The summed E-state index contributed by atoms with van der Waals surface area (Å²) in [5.41, 5.74) is 0.914. The molecule has 0 unspecified atom stereocenters. The third kappa shape index (κ3) is 4.31. The molecule has 1 aromatic carbocycles. The standard InChI is InChI=1S/C17H14ClN3OS/c18-14-6-3-13(4-7-14)5-8-17(22)20-16-9-10-19-21(16)12-15-2-1-11-23-15/h1-11H,12H2,(H,20,22). The summed E-state index contributed by atoms with van der Waals surface area (Å²) in [4.78, 5) is 13.2. The second-order valence-electron chi connectivity index (χ2n) is 4.83. The molecule has 1 N–H and O–H groups in total. The predicted octanol–water partition coefficient (Wildman–Crippen LogP) is 4.30. The summed E-state index contributed by atoms with van der Waals surface area (Å²) < 4.78 is 1.76. The van der Waals surface area contributed by atoms with E-state index in [2.05, 4.69) is 10.4 Å². The number of hydrogen-bond donors (Lipinski definition) is 1. The molecule has 0 saturated heterocycles. The van der Waals surface area contributed by atoms with E-state index in [0.717, 1.165) is 5.56 Å². The molecule has 3 aromatic rings. The van der Waals surface area contributed by atoms with E-state index in [-0.39, 0.29) is 5.91 Å². The van der Waals surface area contributed by atoms with Crippen molar-refractivity contribution in [3.05, 3.63) is 75.6 Å². The highest BCUT2D eigenvalue weighted by atomic mass is 35.5. The largest absolute Gasteiger partial charge is 0.307 e. The van der Waals surface area contributed by atoms with Gasteiger partial charge in [-0.15, -0.1) is 11.3 Å². The van der Waals surface area contributed by atoms with Crippen LogP contribution in [0.2, 0.25) is 5.02 Å². The highest BCUT2D eigenvalue weighted by Gasteiger charge is 2.06. The Labute approximate surface area is 143 Å². The Kier molecular flexibility index (Phi) is 4.90. The fraction of sp³-hybridized carbons (Fsp3) is 0.0588. The summed E-state index contributed by atoms with van der Waals surface area (Å²) in [6, 6.07) is 13.1. The molecule has 0 aliphatic heterocycles. The summed E-state index contributed by atoms with van der Waals surface area (Å²) in [6.45, 7) is 0.640. The van der Waals surface area contributed by atoms with Crippen molar-refractivity contribution in [1.29, 1.82) is 0 Å². The van der Waals surface area contributed by atoms with Gasteiger partial charge in [0.2, 0.25) is 5.91 Å². The predicted molar refractivity (Wildman–Crippen MR) is 94.8 cm³/mol. The lowest BCUT2D eigenvalue weighted by molar-refractivity contribution is -0.111. The van der Waals surface area contributed by atoms with Crippen LogP contribution in [0.25, 0.3) is 6.08 Å². The van der Waals surface area contributed by atoms with Crippen LogP contribution in [0.1, 0.15) is 10.4 Å². The van der Waals surface area contributed by atoms with E-state index in [1.165, 1.54) is 11.0 Å². The van der Waals surface area contributed by atoms with Crippen molar-refractivity contribution in [1.82, 2.24) is 9.78 Å². The van der Waals surface area contributed by atoms with Gasteiger partial charge in [0.25, 0.3) is 0 Å². The first kappa shape index (κ1) is 15.5. The van der Waals surface area contributed by atoms with Gasteiger partial charge in [-0.25, -0.2) is 4.68 Å². The van der Waals surface area contributed by atoms with Crippen LogP contribution in [0.15, 0.2) is 60.1 Å². The van der Waals surface area contributed by atoms with Crippen LogP contribution in [0.5, 0.6) is 0 Å². The smallest absolute Gasteiger partial charge is 0.249 e. The highest BCUT2D eigenvalue weighted by Crippen LogP contribution is 2.14. The van der Waals surface area contributed by atoms with Crippen molar-refractivity contribution >= 4 is 40.7 Å². The Morgan fingerprint density at radius 3 is 2.83 bits per heavy atom. The van der Waals surface area contributed by atoms with Crippen LogP contribution in [-0.4, -0.2) is 15.7 Å². The number of carbonyl (C=O) groups is 1. The minimum Gasteiger partial charge on any atom is -0.307 e. The van der Waals surface area contributed by atoms with Gasteiger partial charge in [0.05, 0.1) is 12.7 Å². The molecule has 0 fully saturated rings. The Bertz CT molecular complexity index is 807. The number of carbonyl (C=O) groups excluding carboxylic acids is 1. The monoisotopic (exact) mass is 343 g/mol. The van der Waals surface area contributed by atoms with Crippen molar-refractivity contribution in [2.45, 2.75) is 6.54 Å². The van der Waals surface area contributed by atoms with Crippen LogP contribution < -0.4 is 5.32 Å². The molecule has 0 aliphatic carbocycles. The maximum Gasteiger partial charge on any atom is 0.249 e. The SMILES string of the molecule is O=C(C=Cc1ccc(Cl)cc1)Nc1ccnn1Cc1cccs1. The number of anilines is 1. The number of halogens is 1. The molecule has 1 amide bonds. The first-order valence-electron chi connectivity index (χ1n) is 6.99. The Morgan fingerprint density at radius 2 is 2.09 bits per heavy atom. The molecule has 3 rings (SSSR count). The van der Waals surface area contributed by atoms with Gasteiger partial charge in [-0.1, -0.05) is 29.8 Å². The summed E-state index contributed by atoms with van der Waals surface area (Å²) in [5, 5.41) is 9.77. The zero-order chi connectivity index (χ0) is 16.1. The average Bonchev–Trinajstić information content (AvgIpc) is 3.20. The quantitative estimate of drug-likeness (QED) is 0.702. The second kappa shape index (κ2) is 7.26. The van der Waals surface area contributed by atoms with E-state index in [1.807, 2.05) is 29.6 Å². The van der Waals surface area contributed by atoms with E-state index in [4.69, 9.17) is 11.6 Å². The lowest BCUT2D eigenvalue weighted by Crippen LogP contribution is -2.13. The molecule has 4 nitrogen and oxygen atoms in total. The zero-order valence-corrected chi connectivity index (χ0v) is 13.7. The molecule has 0 saturated carbocycles. The maximum atomic E-state index is 12.0. The molecule has 0 radical (unpaired) electrons. The van der Waals surface area contributed by atoms with Gasteiger partial charge in [0, 0.05) is 22.0 Å². The van der Waals surface area contributed by atoms with E-state index < -0.39 is 0 Å². The van der Waals surface area contributed by atoms with E-state index in [1.54, 1.807) is 46.5 Å². The minimum atomic E-state index is -0.201. The van der Waals surface area contributed by atoms with Crippen molar-refractivity contribution in [3.63, 3.8) is 0 Å². The van der Waals surface area contributed by atoms with Gasteiger partial charge in [0.15, 0.2) is 0 Å². The van der Waals surface area contributed by atoms with Crippen molar-refractivity contribution in [2.75, 3.05) is 5.32 Å². The molecular weight excluding hydrogens is 330 g/mol. The molecular formula is C17H14ClN3OS. The van der Waals surface area contributed by atoms with Gasteiger partial charge in [-0.3, -0.25) is 4.79 Å². The van der Waals surface area contributed by atoms with Crippen molar-refractivity contribution in [2.24, 2.45) is 0 Å². The van der Waals surface area contributed by atoms with Crippen molar-refractivity contribution < 1.29 is 4.79 Å². The number of aromatic nitrogens is 2. The number of hydrogen-bond acceptors (Lipinski definition) is 3. The fourth-order valence-electron chi connectivity index (χ4n) is 2.03. The first-order valence-corrected chi connectivity index (χ1v) is 8.25. The van der Waals surface area contributed by atoms with Crippen LogP contribution in [0, 0.1) is 0 Å². The highest BCUT2D eigenvalue weighted by molar-refractivity contribution is 7.09. The Balaban J connectivity index is 1.64. The molecule has 0 bridgehead atoms. The number of rotatable bonds is 5. The van der Waals surface area contributed by atoms with Gasteiger partial charge in [-0.05, 0) is 35.2 Å². The molecule has 0 spiro atoms. The third-order valence-corrected chi connectivity index (χ3v) is 4.26. The summed E-state index contributed by atoms with van der Waals surface area (Å²) in [6.07, 6.45) is 4.91. The number of nitrogens with one attached hydrogen (secondary N) is 1. The number of benzene rings is 1. The third-order valence-electron chi connectivity index (χ3n) is 3.15. The van der Waals surface area contributed by atoms with Gasteiger partial charge < -0.3 is 5.32 Å². The number of thiophene rings is 1. The van der Waals surface area contributed by atoms with Gasteiger partial charge >= 0.3 is 0 Å². The van der Waals surface area contributed by atoms with E-state index >= 15 is 0 Å². The molecule has 23 heavy (non-hydrogen) atoms. The van der Waals surface area contributed by atoms with E-state index in [9.17, 15) is 4.79 Å². The molecule has 0 atom stereocenters.